The van der Waals surface area contributed by atoms with E-state index in [-0.39, 0.29) is 0 Å². The highest BCUT2D eigenvalue weighted by Gasteiger charge is 2.21. The van der Waals surface area contributed by atoms with Crippen LogP contribution in [0.4, 0.5) is 11.4 Å². The third kappa shape index (κ3) is 1.85. The SMILES string of the molecule is N#Cc1cc2c(c(Br)c1Br)Nc1ccccc1S2. The van der Waals surface area contributed by atoms with E-state index < -0.39 is 0 Å². The topological polar surface area (TPSA) is 35.8 Å². The summed E-state index contributed by atoms with van der Waals surface area (Å²) >= 11 is 8.65. The van der Waals surface area contributed by atoms with Crippen LogP contribution in [-0.2, 0) is 0 Å². The van der Waals surface area contributed by atoms with Gasteiger partial charge < -0.3 is 5.32 Å². The summed E-state index contributed by atoms with van der Waals surface area (Å²) in [5, 5.41) is 12.5. The Bertz CT molecular complexity index is 692. The summed E-state index contributed by atoms with van der Waals surface area (Å²) in [6.45, 7) is 0. The van der Waals surface area contributed by atoms with E-state index in [4.69, 9.17) is 5.26 Å². The van der Waals surface area contributed by atoms with Gasteiger partial charge in [-0.05, 0) is 50.1 Å². The van der Waals surface area contributed by atoms with Gasteiger partial charge in [0.2, 0.25) is 0 Å². The lowest BCUT2D eigenvalue weighted by molar-refractivity contribution is 1.28. The first-order chi connectivity index (χ1) is 8.70. The number of hydrogen-bond donors (Lipinski definition) is 1. The Hall–Kier alpha value is -0.960. The Balaban J connectivity index is 2.20. The minimum Gasteiger partial charge on any atom is -0.353 e. The second-order valence-electron chi connectivity index (χ2n) is 3.76. The van der Waals surface area contributed by atoms with Gasteiger partial charge in [-0.25, -0.2) is 0 Å². The van der Waals surface area contributed by atoms with Gasteiger partial charge in [-0.1, -0.05) is 23.9 Å². The number of nitrogens with one attached hydrogen (secondary N) is 1. The molecule has 5 heteroatoms. The summed E-state index contributed by atoms with van der Waals surface area (Å²) in [4.78, 5) is 2.23. The van der Waals surface area contributed by atoms with Crippen molar-refractivity contribution in [3.63, 3.8) is 0 Å². The van der Waals surface area contributed by atoms with Gasteiger partial charge in [0.05, 0.1) is 25.9 Å². The lowest BCUT2D eigenvalue weighted by Gasteiger charge is -2.22. The number of benzene rings is 2. The highest BCUT2D eigenvalue weighted by atomic mass is 79.9. The molecule has 0 atom stereocenters. The molecule has 0 spiro atoms. The van der Waals surface area contributed by atoms with Gasteiger partial charge in [0.25, 0.3) is 0 Å². The zero-order chi connectivity index (χ0) is 12.7. The first-order valence-corrected chi connectivity index (χ1v) is 7.57. The molecule has 0 saturated heterocycles. The van der Waals surface area contributed by atoms with Crippen LogP contribution < -0.4 is 5.32 Å². The molecule has 0 fully saturated rings. The molecule has 0 saturated carbocycles. The Morgan fingerprint density at radius 2 is 1.89 bits per heavy atom. The molecule has 0 aliphatic carbocycles. The predicted octanol–water partition coefficient (Wildman–Crippen LogP) is 5.29. The van der Waals surface area contributed by atoms with E-state index >= 15 is 0 Å². The Labute approximate surface area is 126 Å². The molecular formula is C13H6Br2N2S. The largest absolute Gasteiger partial charge is 0.353 e. The van der Waals surface area contributed by atoms with E-state index in [0.717, 1.165) is 25.2 Å². The molecule has 1 aliphatic heterocycles. The van der Waals surface area contributed by atoms with Gasteiger partial charge in [0, 0.05) is 9.79 Å². The zero-order valence-corrected chi connectivity index (χ0v) is 13.0. The van der Waals surface area contributed by atoms with Crippen molar-refractivity contribution in [2.24, 2.45) is 0 Å². The van der Waals surface area contributed by atoms with Gasteiger partial charge in [0.1, 0.15) is 6.07 Å². The van der Waals surface area contributed by atoms with Crippen molar-refractivity contribution in [3.05, 3.63) is 44.8 Å². The van der Waals surface area contributed by atoms with Crippen molar-refractivity contribution >= 4 is 55.0 Å². The van der Waals surface area contributed by atoms with Gasteiger partial charge >= 0.3 is 0 Å². The smallest absolute Gasteiger partial charge is 0.100 e. The minimum absolute atomic E-state index is 0.634. The lowest BCUT2D eigenvalue weighted by atomic mass is 10.2. The number of nitrogens with zero attached hydrogens (tertiary/aromatic N) is 1. The van der Waals surface area contributed by atoms with Crippen molar-refractivity contribution in [2.75, 3.05) is 5.32 Å². The molecule has 2 aromatic carbocycles. The van der Waals surface area contributed by atoms with Crippen LogP contribution in [0, 0.1) is 11.3 Å². The summed E-state index contributed by atoms with van der Waals surface area (Å²) in [6.07, 6.45) is 0. The van der Waals surface area contributed by atoms with Gasteiger partial charge in [-0.15, -0.1) is 0 Å². The van der Waals surface area contributed by atoms with Crippen molar-refractivity contribution in [1.82, 2.24) is 0 Å². The average molecular weight is 382 g/mol. The summed E-state index contributed by atoms with van der Waals surface area (Å²) in [6, 6.07) is 12.2. The molecule has 1 N–H and O–H groups in total. The normalized spacial score (nSPS) is 12.1. The number of halogens is 2. The number of para-hydroxylation sites is 1. The molecule has 0 unspecified atom stereocenters. The third-order valence-electron chi connectivity index (χ3n) is 2.66. The maximum atomic E-state index is 9.11. The third-order valence-corrected chi connectivity index (χ3v) is 5.92. The van der Waals surface area contributed by atoms with E-state index in [0.29, 0.717) is 5.56 Å². The average Bonchev–Trinajstić information content (AvgIpc) is 2.41. The standard InChI is InChI=1S/C13H6Br2N2S/c14-11-7(6-16)5-10-13(12(11)15)17-8-3-1-2-4-9(8)18-10/h1-5,17H. The molecule has 0 amide bonds. The van der Waals surface area contributed by atoms with E-state index in [1.54, 1.807) is 11.8 Å². The van der Waals surface area contributed by atoms with Crippen LogP contribution in [0.2, 0.25) is 0 Å². The quantitative estimate of drug-likeness (QED) is 0.574. The Kier molecular flexibility index (Phi) is 3.10. The van der Waals surface area contributed by atoms with Crippen LogP contribution in [0.15, 0.2) is 49.1 Å². The second-order valence-corrected chi connectivity index (χ2v) is 6.43. The fourth-order valence-corrected chi connectivity index (χ4v) is 3.90. The highest BCUT2D eigenvalue weighted by molar-refractivity contribution is 9.13. The Morgan fingerprint density at radius 3 is 2.67 bits per heavy atom. The monoisotopic (exact) mass is 380 g/mol. The number of anilines is 2. The fourth-order valence-electron chi connectivity index (χ4n) is 1.79. The Morgan fingerprint density at radius 1 is 1.11 bits per heavy atom. The van der Waals surface area contributed by atoms with Crippen molar-refractivity contribution < 1.29 is 0 Å². The highest BCUT2D eigenvalue weighted by Crippen LogP contribution is 2.49. The lowest BCUT2D eigenvalue weighted by Crippen LogP contribution is -2.01. The molecule has 0 radical (unpaired) electrons. The van der Waals surface area contributed by atoms with Gasteiger partial charge in [-0.2, -0.15) is 5.26 Å². The van der Waals surface area contributed by atoms with Crippen LogP contribution >= 0.6 is 43.6 Å². The predicted molar refractivity (Wildman–Crippen MR) is 80.4 cm³/mol. The van der Waals surface area contributed by atoms with Gasteiger partial charge in [-0.3, -0.25) is 0 Å². The summed E-state index contributed by atoms with van der Waals surface area (Å²) in [5.74, 6) is 0. The number of rotatable bonds is 0. The van der Waals surface area contributed by atoms with E-state index in [9.17, 15) is 0 Å². The second kappa shape index (κ2) is 4.61. The van der Waals surface area contributed by atoms with Crippen molar-refractivity contribution in [3.8, 4) is 6.07 Å². The molecular weight excluding hydrogens is 376 g/mol. The minimum atomic E-state index is 0.634. The summed E-state index contributed by atoms with van der Waals surface area (Å²) < 4.78 is 1.68. The molecule has 2 aromatic rings. The number of hydrogen-bond acceptors (Lipinski definition) is 3. The van der Waals surface area contributed by atoms with E-state index in [2.05, 4.69) is 49.3 Å². The summed E-state index contributed by atoms with van der Waals surface area (Å²) in [7, 11) is 0. The molecule has 1 heterocycles. The van der Waals surface area contributed by atoms with Crippen molar-refractivity contribution in [1.29, 1.82) is 5.26 Å². The number of nitriles is 1. The molecule has 1 aliphatic rings. The number of fused-ring (bicyclic) bond motifs is 2. The molecule has 88 valence electrons. The van der Waals surface area contributed by atoms with Crippen LogP contribution in [0.25, 0.3) is 0 Å². The molecule has 0 bridgehead atoms. The van der Waals surface area contributed by atoms with Crippen LogP contribution in [-0.4, -0.2) is 0 Å². The maximum Gasteiger partial charge on any atom is 0.100 e. The molecule has 3 rings (SSSR count). The van der Waals surface area contributed by atoms with Crippen LogP contribution in [0.5, 0.6) is 0 Å². The first-order valence-electron chi connectivity index (χ1n) is 5.16. The molecule has 0 aromatic heterocycles. The van der Waals surface area contributed by atoms with Crippen LogP contribution in [0.3, 0.4) is 0 Å². The van der Waals surface area contributed by atoms with Gasteiger partial charge in [0.15, 0.2) is 0 Å². The zero-order valence-electron chi connectivity index (χ0n) is 9.00. The summed E-state index contributed by atoms with van der Waals surface area (Å²) in [5.41, 5.74) is 2.73. The molecule has 18 heavy (non-hydrogen) atoms. The van der Waals surface area contributed by atoms with Crippen LogP contribution in [0.1, 0.15) is 5.56 Å². The van der Waals surface area contributed by atoms with Crippen molar-refractivity contribution in [2.45, 2.75) is 9.79 Å². The van der Waals surface area contributed by atoms with E-state index in [1.807, 2.05) is 24.3 Å². The fraction of sp³-hybridized carbons (Fsp3) is 0. The molecule has 2 nitrogen and oxygen atoms in total. The van der Waals surface area contributed by atoms with E-state index in [1.165, 1.54) is 4.90 Å². The maximum absolute atomic E-state index is 9.11. The first kappa shape index (κ1) is 12.1.